The fraction of sp³-hybridized carbons (Fsp3) is 0.364. The predicted molar refractivity (Wildman–Crippen MR) is 123 cm³/mol. The number of hydrogen-bond donors (Lipinski definition) is 2. The molecule has 5 rings (SSSR count). The Hall–Kier alpha value is -2.20. The van der Waals surface area contributed by atoms with E-state index in [1.54, 1.807) is 23.6 Å². The van der Waals surface area contributed by atoms with Crippen LogP contribution in [0.5, 0.6) is 0 Å². The fourth-order valence-electron chi connectivity index (χ4n) is 4.58. The zero-order valence-electron chi connectivity index (χ0n) is 17.2. The number of anilines is 2. The van der Waals surface area contributed by atoms with E-state index in [1.165, 1.54) is 27.8 Å². The number of pyridine rings is 1. The van der Waals surface area contributed by atoms with Crippen LogP contribution in [0.3, 0.4) is 0 Å². The van der Waals surface area contributed by atoms with Gasteiger partial charge in [0.2, 0.25) is 0 Å². The lowest BCUT2D eigenvalue weighted by Crippen LogP contribution is -2.42. The largest absolute Gasteiger partial charge is 0.395 e. The molecule has 1 aliphatic rings. The SMILES string of the molecule is CC1(C)[C@@H](c2cc3c(Nc4c(F)cc5scnc5c4F)ccnc3s2)CCN1CCO. The van der Waals surface area contributed by atoms with Gasteiger partial charge in [0.25, 0.3) is 0 Å². The van der Waals surface area contributed by atoms with Crippen molar-refractivity contribution >= 4 is 54.5 Å². The molecule has 0 amide bonds. The Bertz CT molecular complexity index is 1270. The van der Waals surface area contributed by atoms with E-state index in [9.17, 15) is 13.9 Å². The monoisotopic (exact) mass is 460 g/mol. The minimum atomic E-state index is -0.687. The van der Waals surface area contributed by atoms with E-state index in [2.05, 4.69) is 40.1 Å². The van der Waals surface area contributed by atoms with Gasteiger partial charge in [-0.2, -0.15) is 0 Å². The summed E-state index contributed by atoms with van der Waals surface area (Å²) in [6.45, 7) is 6.11. The lowest BCUT2D eigenvalue weighted by molar-refractivity contribution is 0.127. The molecule has 0 unspecified atom stereocenters. The van der Waals surface area contributed by atoms with Crippen molar-refractivity contribution in [2.45, 2.75) is 31.7 Å². The van der Waals surface area contributed by atoms with Gasteiger partial charge in [0.1, 0.15) is 16.0 Å². The summed E-state index contributed by atoms with van der Waals surface area (Å²) in [5, 5.41) is 13.2. The van der Waals surface area contributed by atoms with Crippen molar-refractivity contribution in [3.05, 3.63) is 46.4 Å². The highest BCUT2D eigenvalue weighted by Crippen LogP contribution is 2.46. The Morgan fingerprint density at radius 3 is 2.94 bits per heavy atom. The molecule has 1 aliphatic heterocycles. The summed E-state index contributed by atoms with van der Waals surface area (Å²) in [6, 6.07) is 5.13. The number of hydrogen-bond acceptors (Lipinski definition) is 7. The number of fused-ring (bicyclic) bond motifs is 2. The number of halogens is 2. The summed E-state index contributed by atoms with van der Waals surface area (Å²) >= 11 is 2.82. The minimum Gasteiger partial charge on any atom is -0.395 e. The maximum Gasteiger partial charge on any atom is 0.176 e. The summed E-state index contributed by atoms with van der Waals surface area (Å²) in [4.78, 5) is 12.8. The normalized spacial score (nSPS) is 18.9. The van der Waals surface area contributed by atoms with E-state index in [-0.39, 0.29) is 23.3 Å². The first-order valence-corrected chi connectivity index (χ1v) is 11.8. The van der Waals surface area contributed by atoms with Gasteiger partial charge in [-0.15, -0.1) is 22.7 Å². The Morgan fingerprint density at radius 1 is 1.29 bits per heavy atom. The zero-order chi connectivity index (χ0) is 21.8. The van der Waals surface area contributed by atoms with Gasteiger partial charge in [0.15, 0.2) is 11.6 Å². The molecular weight excluding hydrogens is 438 g/mol. The predicted octanol–water partition coefficient (Wildman–Crippen LogP) is 5.49. The standard InChI is InChI=1S/C22H22F2N4OS2/c1-22(2)13(4-6-28(22)7-8-29)16-9-12-15(3-5-25-21(12)31-16)27-19-14(23)10-17-20(18(19)24)26-11-30-17/h3,5,9-11,13,29H,4,6-8H2,1-2H3,(H,25,27)/t13-/m1/s1. The maximum absolute atomic E-state index is 14.9. The molecule has 1 aromatic carbocycles. The van der Waals surface area contributed by atoms with Crippen molar-refractivity contribution in [2.75, 3.05) is 25.0 Å². The van der Waals surface area contributed by atoms with Crippen LogP contribution >= 0.6 is 22.7 Å². The van der Waals surface area contributed by atoms with Crippen LogP contribution in [0.15, 0.2) is 29.9 Å². The maximum atomic E-state index is 14.9. The molecule has 4 aromatic rings. The minimum absolute atomic E-state index is 0.0922. The molecule has 0 bridgehead atoms. The first kappa shape index (κ1) is 20.7. The number of thiazole rings is 1. The van der Waals surface area contributed by atoms with Gasteiger partial charge in [0.05, 0.1) is 22.5 Å². The zero-order valence-corrected chi connectivity index (χ0v) is 18.8. The summed E-state index contributed by atoms with van der Waals surface area (Å²) in [7, 11) is 0. The molecule has 4 heterocycles. The van der Waals surface area contributed by atoms with Crippen LogP contribution in [0.2, 0.25) is 0 Å². The van der Waals surface area contributed by atoms with Gasteiger partial charge in [-0.3, -0.25) is 4.90 Å². The van der Waals surface area contributed by atoms with Crippen LogP contribution < -0.4 is 5.32 Å². The molecule has 1 atom stereocenters. The van der Waals surface area contributed by atoms with Crippen molar-refractivity contribution in [1.82, 2.24) is 14.9 Å². The first-order valence-electron chi connectivity index (χ1n) is 10.1. The lowest BCUT2D eigenvalue weighted by Gasteiger charge is -2.35. The number of nitrogens with zero attached hydrogens (tertiary/aromatic N) is 3. The third kappa shape index (κ3) is 3.40. The van der Waals surface area contributed by atoms with E-state index in [0.29, 0.717) is 22.8 Å². The fourth-order valence-corrected chi connectivity index (χ4v) is 6.62. The average Bonchev–Trinajstić information content (AvgIpc) is 3.43. The third-order valence-electron chi connectivity index (χ3n) is 6.30. The number of nitrogens with one attached hydrogen (secondary N) is 1. The van der Waals surface area contributed by atoms with Crippen LogP contribution in [0, 0.1) is 11.6 Å². The van der Waals surface area contributed by atoms with Gasteiger partial charge in [-0.1, -0.05) is 0 Å². The number of β-amino-alcohol motifs (C(OH)–C–C–N with tert-alkyl or cyclic N) is 1. The molecule has 1 fully saturated rings. The van der Waals surface area contributed by atoms with E-state index in [0.717, 1.165) is 23.2 Å². The van der Waals surface area contributed by atoms with Crippen LogP contribution in [-0.2, 0) is 0 Å². The molecule has 5 nitrogen and oxygen atoms in total. The third-order valence-corrected chi connectivity index (χ3v) is 8.23. The van der Waals surface area contributed by atoms with E-state index >= 15 is 0 Å². The second kappa shape index (κ2) is 7.74. The van der Waals surface area contributed by atoms with E-state index in [4.69, 9.17) is 0 Å². The molecule has 0 aliphatic carbocycles. The molecule has 1 saturated heterocycles. The molecule has 3 aromatic heterocycles. The summed E-state index contributed by atoms with van der Waals surface area (Å²) in [6.07, 6.45) is 2.65. The van der Waals surface area contributed by atoms with Crippen LogP contribution in [0.25, 0.3) is 20.4 Å². The highest BCUT2D eigenvalue weighted by Gasteiger charge is 2.42. The van der Waals surface area contributed by atoms with Gasteiger partial charge < -0.3 is 10.4 Å². The van der Waals surface area contributed by atoms with Gasteiger partial charge in [-0.05, 0) is 45.0 Å². The molecule has 9 heteroatoms. The Labute approximate surface area is 186 Å². The molecule has 0 radical (unpaired) electrons. The average molecular weight is 461 g/mol. The molecule has 31 heavy (non-hydrogen) atoms. The van der Waals surface area contributed by atoms with E-state index < -0.39 is 11.6 Å². The van der Waals surface area contributed by atoms with Gasteiger partial charge >= 0.3 is 0 Å². The van der Waals surface area contributed by atoms with Gasteiger partial charge in [0, 0.05) is 34.5 Å². The molecule has 0 spiro atoms. The highest BCUT2D eigenvalue weighted by atomic mass is 32.1. The van der Waals surface area contributed by atoms with Gasteiger partial charge in [-0.25, -0.2) is 18.7 Å². The van der Waals surface area contributed by atoms with Crippen molar-refractivity contribution in [2.24, 2.45) is 0 Å². The molecule has 2 N–H and O–H groups in total. The number of benzene rings is 1. The number of rotatable bonds is 5. The van der Waals surface area contributed by atoms with E-state index in [1.807, 2.05) is 0 Å². The van der Waals surface area contributed by atoms with Crippen molar-refractivity contribution in [3.63, 3.8) is 0 Å². The number of thiophene rings is 1. The Balaban J connectivity index is 1.53. The number of aromatic nitrogens is 2. The quantitative estimate of drug-likeness (QED) is 0.413. The molecular formula is C22H22F2N4OS2. The summed E-state index contributed by atoms with van der Waals surface area (Å²) in [5.74, 6) is -1.04. The summed E-state index contributed by atoms with van der Waals surface area (Å²) < 4.78 is 30.0. The number of likely N-dealkylation sites (tertiary alicyclic amines) is 1. The lowest BCUT2D eigenvalue weighted by atomic mass is 9.87. The van der Waals surface area contributed by atoms with Crippen LogP contribution in [0.4, 0.5) is 20.2 Å². The second-order valence-electron chi connectivity index (χ2n) is 8.30. The molecule has 0 saturated carbocycles. The number of aliphatic hydroxyl groups excluding tert-OH is 1. The first-order chi connectivity index (χ1) is 14.9. The summed E-state index contributed by atoms with van der Waals surface area (Å²) in [5.41, 5.74) is 2.00. The van der Waals surface area contributed by atoms with Crippen molar-refractivity contribution in [3.8, 4) is 0 Å². The Kier molecular flexibility index (Phi) is 5.16. The topological polar surface area (TPSA) is 61.3 Å². The smallest absolute Gasteiger partial charge is 0.176 e. The number of aliphatic hydroxyl groups is 1. The molecule has 162 valence electrons. The highest BCUT2D eigenvalue weighted by molar-refractivity contribution is 7.18. The second-order valence-corrected chi connectivity index (χ2v) is 10.3. The van der Waals surface area contributed by atoms with Crippen LogP contribution in [-0.4, -0.2) is 45.2 Å². The van der Waals surface area contributed by atoms with Crippen molar-refractivity contribution < 1.29 is 13.9 Å². The van der Waals surface area contributed by atoms with Crippen LogP contribution in [0.1, 0.15) is 31.1 Å². The Morgan fingerprint density at radius 2 is 2.13 bits per heavy atom. The van der Waals surface area contributed by atoms with Crippen molar-refractivity contribution in [1.29, 1.82) is 0 Å².